The van der Waals surface area contributed by atoms with Crippen LogP contribution in [0, 0.1) is 5.41 Å². The van der Waals surface area contributed by atoms with E-state index in [1.165, 1.54) is 56.1 Å². The molecule has 0 fully saturated rings. The molecule has 0 aliphatic heterocycles. The summed E-state index contributed by atoms with van der Waals surface area (Å²) in [7, 11) is 0. The highest BCUT2D eigenvalue weighted by Crippen LogP contribution is 2.36. The molecule has 0 heterocycles. The maximum atomic E-state index is 9.00. The summed E-state index contributed by atoms with van der Waals surface area (Å²) < 4.78 is 6.22. The molecule has 1 aromatic carbocycles. The second kappa shape index (κ2) is 13.6. The molecule has 1 aliphatic carbocycles. The van der Waals surface area contributed by atoms with Crippen LogP contribution in [0.5, 0.6) is 0 Å². The van der Waals surface area contributed by atoms with E-state index in [9.17, 15) is 0 Å². The van der Waals surface area contributed by atoms with E-state index in [1.54, 1.807) is 0 Å². The monoisotopic (exact) mass is 398 g/mol. The summed E-state index contributed by atoms with van der Waals surface area (Å²) in [4.78, 5) is 2.32. The first-order valence-electron chi connectivity index (χ1n) is 11.9. The van der Waals surface area contributed by atoms with E-state index in [-0.39, 0.29) is 12.0 Å². The first-order valence-corrected chi connectivity index (χ1v) is 11.9. The zero-order valence-electron chi connectivity index (χ0n) is 19.0. The summed E-state index contributed by atoms with van der Waals surface area (Å²) >= 11 is 0. The fourth-order valence-corrected chi connectivity index (χ4v) is 4.05. The van der Waals surface area contributed by atoms with E-state index in [0.717, 1.165) is 38.4 Å². The summed E-state index contributed by atoms with van der Waals surface area (Å²) in [6, 6.07) is 8.57. The van der Waals surface area contributed by atoms with Gasteiger partial charge in [0.15, 0.2) is 0 Å². The number of ether oxygens (including phenoxy) is 1. The topological polar surface area (TPSA) is 36.3 Å². The van der Waals surface area contributed by atoms with Gasteiger partial charge in [-0.25, -0.2) is 0 Å². The summed E-state index contributed by atoms with van der Waals surface area (Å²) in [5, 5.41) is 9.00. The molecule has 1 aliphatic rings. The fraction of sp³-hybridized carbons (Fsp3) is 0.654. The standard InChI is InChI=1S/C26H42N2O/c1-4-7-10-14-21-29-25-18-17-24(22-15-11-12-16-23(22)25)26(27)28(19-9-6-3)20-13-8-5-2/h11-12,15-18,24-25,27H,4-10,13-14,19-21H2,1-3H3. The molecule has 0 spiro atoms. The zero-order chi connectivity index (χ0) is 20.9. The zero-order valence-corrected chi connectivity index (χ0v) is 19.0. The van der Waals surface area contributed by atoms with E-state index in [0.29, 0.717) is 0 Å². The highest BCUT2D eigenvalue weighted by Gasteiger charge is 2.28. The Labute approximate surface area is 179 Å². The number of hydrogen-bond donors (Lipinski definition) is 1. The molecular formula is C26H42N2O. The number of rotatable bonds is 14. The summed E-state index contributed by atoms with van der Waals surface area (Å²) in [6.07, 6.45) is 15.3. The third-order valence-electron chi connectivity index (χ3n) is 5.86. The summed E-state index contributed by atoms with van der Waals surface area (Å²) in [5.41, 5.74) is 2.49. The van der Waals surface area contributed by atoms with Gasteiger partial charge in [-0.05, 0) is 30.4 Å². The van der Waals surface area contributed by atoms with Gasteiger partial charge in [0, 0.05) is 19.7 Å². The van der Waals surface area contributed by atoms with E-state index < -0.39 is 0 Å². The lowest BCUT2D eigenvalue weighted by Crippen LogP contribution is -2.36. The Kier molecular flexibility index (Phi) is 11.1. The number of nitrogens with one attached hydrogen (secondary N) is 1. The van der Waals surface area contributed by atoms with Crippen LogP contribution >= 0.6 is 0 Å². The lowest BCUT2D eigenvalue weighted by molar-refractivity contribution is 0.0800. The van der Waals surface area contributed by atoms with Crippen molar-refractivity contribution in [2.75, 3.05) is 19.7 Å². The molecule has 1 aromatic rings. The van der Waals surface area contributed by atoms with Crippen LogP contribution in [-0.4, -0.2) is 30.4 Å². The Morgan fingerprint density at radius 1 is 0.828 bits per heavy atom. The molecule has 3 nitrogen and oxygen atoms in total. The van der Waals surface area contributed by atoms with Crippen molar-refractivity contribution in [1.29, 1.82) is 5.41 Å². The van der Waals surface area contributed by atoms with Crippen molar-refractivity contribution in [3.63, 3.8) is 0 Å². The summed E-state index contributed by atoms with van der Waals surface area (Å²) in [5.74, 6) is 0.796. The number of unbranched alkanes of at least 4 members (excludes halogenated alkanes) is 6. The number of benzene rings is 1. The Morgan fingerprint density at radius 2 is 1.48 bits per heavy atom. The Balaban J connectivity index is 2.08. The Morgan fingerprint density at radius 3 is 2.21 bits per heavy atom. The molecule has 2 unspecified atom stereocenters. The van der Waals surface area contributed by atoms with Gasteiger partial charge in [-0.3, -0.25) is 5.41 Å². The van der Waals surface area contributed by atoms with E-state index >= 15 is 0 Å². The first-order chi connectivity index (χ1) is 14.2. The average molecular weight is 399 g/mol. The second-order valence-corrected chi connectivity index (χ2v) is 8.28. The molecule has 0 amide bonds. The maximum absolute atomic E-state index is 9.00. The van der Waals surface area contributed by atoms with Crippen molar-refractivity contribution in [3.05, 3.63) is 47.5 Å². The normalized spacial score (nSPS) is 17.9. The molecule has 1 N–H and O–H groups in total. The van der Waals surface area contributed by atoms with Gasteiger partial charge in [0.25, 0.3) is 0 Å². The van der Waals surface area contributed by atoms with Crippen molar-refractivity contribution < 1.29 is 4.74 Å². The van der Waals surface area contributed by atoms with Crippen molar-refractivity contribution in [2.45, 2.75) is 90.6 Å². The molecule has 0 saturated heterocycles. The van der Waals surface area contributed by atoms with Gasteiger partial charge in [-0.2, -0.15) is 0 Å². The van der Waals surface area contributed by atoms with Crippen LogP contribution in [0.4, 0.5) is 0 Å². The highest BCUT2D eigenvalue weighted by molar-refractivity contribution is 5.89. The Bertz CT molecular complexity index is 625. The van der Waals surface area contributed by atoms with Crippen LogP contribution in [0.1, 0.15) is 102 Å². The van der Waals surface area contributed by atoms with Gasteiger partial charge in [-0.15, -0.1) is 0 Å². The molecule has 2 rings (SSSR count). The minimum absolute atomic E-state index is 0.0288. The van der Waals surface area contributed by atoms with Crippen LogP contribution in [0.25, 0.3) is 0 Å². The van der Waals surface area contributed by atoms with Crippen LogP contribution in [0.3, 0.4) is 0 Å². The quantitative estimate of drug-likeness (QED) is 0.155. The third-order valence-corrected chi connectivity index (χ3v) is 5.86. The van der Waals surface area contributed by atoms with Crippen LogP contribution in [0.15, 0.2) is 36.4 Å². The predicted molar refractivity (Wildman–Crippen MR) is 125 cm³/mol. The Hall–Kier alpha value is -1.61. The maximum Gasteiger partial charge on any atom is 0.107 e. The molecule has 162 valence electrons. The van der Waals surface area contributed by atoms with E-state index in [2.05, 4.69) is 62.1 Å². The largest absolute Gasteiger partial charge is 0.369 e. The second-order valence-electron chi connectivity index (χ2n) is 8.28. The molecule has 3 heteroatoms. The molecular weight excluding hydrogens is 356 g/mol. The SMILES string of the molecule is CCCCCCOC1C=CC(C(=N)N(CCCC)CCCCC)c2ccccc21. The summed E-state index contributed by atoms with van der Waals surface area (Å²) in [6.45, 7) is 9.50. The van der Waals surface area contributed by atoms with Crippen LogP contribution < -0.4 is 0 Å². The van der Waals surface area contributed by atoms with Crippen molar-refractivity contribution in [2.24, 2.45) is 0 Å². The van der Waals surface area contributed by atoms with Crippen LogP contribution in [0.2, 0.25) is 0 Å². The number of nitrogens with zero attached hydrogens (tertiary/aromatic N) is 1. The van der Waals surface area contributed by atoms with E-state index in [1.807, 2.05) is 0 Å². The number of fused-ring (bicyclic) bond motifs is 1. The number of amidine groups is 1. The van der Waals surface area contributed by atoms with Gasteiger partial charge < -0.3 is 9.64 Å². The minimum Gasteiger partial charge on any atom is -0.369 e. The lowest BCUT2D eigenvalue weighted by atomic mass is 9.85. The number of hydrogen-bond acceptors (Lipinski definition) is 2. The van der Waals surface area contributed by atoms with Crippen molar-refractivity contribution in [1.82, 2.24) is 4.90 Å². The molecule has 29 heavy (non-hydrogen) atoms. The molecule has 2 atom stereocenters. The molecule has 0 aromatic heterocycles. The van der Waals surface area contributed by atoms with Gasteiger partial charge >= 0.3 is 0 Å². The lowest BCUT2D eigenvalue weighted by Gasteiger charge is -2.33. The average Bonchev–Trinajstić information content (AvgIpc) is 2.75. The van der Waals surface area contributed by atoms with Gasteiger partial charge in [0.05, 0.1) is 5.92 Å². The highest BCUT2D eigenvalue weighted by atomic mass is 16.5. The first kappa shape index (κ1) is 23.7. The van der Waals surface area contributed by atoms with Gasteiger partial charge in [-0.1, -0.05) is 95.7 Å². The van der Waals surface area contributed by atoms with E-state index in [4.69, 9.17) is 10.1 Å². The van der Waals surface area contributed by atoms with Crippen molar-refractivity contribution >= 4 is 5.84 Å². The minimum atomic E-state index is 0.0288. The molecule has 0 bridgehead atoms. The third kappa shape index (κ3) is 7.29. The fourth-order valence-electron chi connectivity index (χ4n) is 4.05. The van der Waals surface area contributed by atoms with Crippen LogP contribution in [-0.2, 0) is 4.74 Å². The predicted octanol–water partition coefficient (Wildman–Crippen LogP) is 7.25. The van der Waals surface area contributed by atoms with Gasteiger partial charge in [0.1, 0.15) is 11.9 Å². The smallest absolute Gasteiger partial charge is 0.107 e. The van der Waals surface area contributed by atoms with Crippen molar-refractivity contribution in [3.8, 4) is 0 Å². The van der Waals surface area contributed by atoms with Gasteiger partial charge in [0.2, 0.25) is 0 Å². The molecule has 0 radical (unpaired) electrons. The molecule has 0 saturated carbocycles.